The summed E-state index contributed by atoms with van der Waals surface area (Å²) < 4.78 is 10.0. The number of Topliss-reactive ketones (excluding diaryl/α,β-unsaturated/α-hetero) is 1. The van der Waals surface area contributed by atoms with E-state index in [0.717, 1.165) is 10.5 Å². The second-order valence-electron chi connectivity index (χ2n) is 7.62. The number of amides is 2. The highest BCUT2D eigenvalue weighted by molar-refractivity contribution is 6.30. The normalized spacial score (nSPS) is 16.5. The monoisotopic (exact) mass is 457 g/mol. The molecule has 1 saturated heterocycles. The van der Waals surface area contributed by atoms with Crippen LogP contribution in [-0.4, -0.2) is 49.2 Å². The summed E-state index contributed by atoms with van der Waals surface area (Å²) in [6.07, 6.45) is 0.822. The van der Waals surface area contributed by atoms with Crippen LogP contribution in [0.4, 0.5) is 0 Å². The fourth-order valence-electron chi connectivity index (χ4n) is 3.73. The molecule has 2 aromatic rings. The number of carbonyl (C=O) groups is 4. The third kappa shape index (κ3) is 5.53. The highest BCUT2D eigenvalue weighted by atomic mass is 35.5. The SMILES string of the molecule is COC(=O)c1ccc(CC(=O)N2CC(=O)CCC(Cc3cc(Cl)ccc3OC)C2=O)cc1. The molecule has 2 aromatic carbocycles. The molecule has 0 aliphatic carbocycles. The third-order valence-electron chi connectivity index (χ3n) is 5.46. The lowest BCUT2D eigenvalue weighted by Crippen LogP contribution is -2.42. The topological polar surface area (TPSA) is 90.0 Å². The van der Waals surface area contributed by atoms with Crippen molar-refractivity contribution in [3.63, 3.8) is 0 Å². The van der Waals surface area contributed by atoms with Gasteiger partial charge in [-0.1, -0.05) is 23.7 Å². The average Bonchev–Trinajstić information content (AvgIpc) is 2.93. The summed E-state index contributed by atoms with van der Waals surface area (Å²) in [5.74, 6) is -1.42. The maximum atomic E-state index is 13.2. The van der Waals surface area contributed by atoms with Gasteiger partial charge in [0.25, 0.3) is 0 Å². The Bertz CT molecular complexity index is 1030. The maximum absolute atomic E-state index is 13.2. The van der Waals surface area contributed by atoms with E-state index < -0.39 is 17.8 Å². The van der Waals surface area contributed by atoms with Crippen LogP contribution in [0.15, 0.2) is 42.5 Å². The number of rotatable bonds is 6. The molecule has 1 aliphatic rings. The van der Waals surface area contributed by atoms with Crippen molar-refractivity contribution in [2.24, 2.45) is 5.92 Å². The van der Waals surface area contributed by atoms with Gasteiger partial charge in [-0.3, -0.25) is 19.3 Å². The van der Waals surface area contributed by atoms with Crippen LogP contribution in [0.1, 0.15) is 34.3 Å². The highest BCUT2D eigenvalue weighted by Crippen LogP contribution is 2.29. The van der Waals surface area contributed by atoms with E-state index in [4.69, 9.17) is 16.3 Å². The van der Waals surface area contributed by atoms with Crippen LogP contribution in [0.2, 0.25) is 5.02 Å². The first-order valence-corrected chi connectivity index (χ1v) is 10.6. The third-order valence-corrected chi connectivity index (χ3v) is 5.70. The highest BCUT2D eigenvalue weighted by Gasteiger charge is 2.34. The molecular weight excluding hydrogens is 434 g/mol. The van der Waals surface area contributed by atoms with Crippen molar-refractivity contribution in [2.75, 3.05) is 20.8 Å². The summed E-state index contributed by atoms with van der Waals surface area (Å²) in [5.41, 5.74) is 1.74. The summed E-state index contributed by atoms with van der Waals surface area (Å²) in [6.45, 7) is -0.235. The maximum Gasteiger partial charge on any atom is 0.337 e. The van der Waals surface area contributed by atoms with Gasteiger partial charge in [-0.25, -0.2) is 4.79 Å². The number of likely N-dealkylation sites (tertiary alicyclic amines) is 1. The number of benzene rings is 2. The summed E-state index contributed by atoms with van der Waals surface area (Å²) in [4.78, 5) is 51.0. The molecule has 8 heteroatoms. The summed E-state index contributed by atoms with van der Waals surface area (Å²) in [6, 6.07) is 11.5. The van der Waals surface area contributed by atoms with Gasteiger partial charge < -0.3 is 9.47 Å². The molecule has 0 spiro atoms. The molecular formula is C24H24ClNO6. The fourth-order valence-corrected chi connectivity index (χ4v) is 3.93. The van der Waals surface area contributed by atoms with Crippen LogP contribution in [-0.2, 0) is 32.0 Å². The quantitative estimate of drug-likeness (QED) is 0.618. The zero-order valence-electron chi connectivity index (χ0n) is 17.9. The van der Waals surface area contributed by atoms with E-state index in [0.29, 0.717) is 34.7 Å². The van der Waals surface area contributed by atoms with E-state index in [9.17, 15) is 19.2 Å². The Morgan fingerprint density at radius 1 is 1.09 bits per heavy atom. The molecule has 168 valence electrons. The van der Waals surface area contributed by atoms with Crippen molar-refractivity contribution in [3.8, 4) is 5.75 Å². The number of methoxy groups -OCH3 is 2. The van der Waals surface area contributed by atoms with Gasteiger partial charge in [-0.2, -0.15) is 0 Å². The van der Waals surface area contributed by atoms with E-state index in [-0.39, 0.29) is 31.1 Å². The zero-order valence-corrected chi connectivity index (χ0v) is 18.7. The average molecular weight is 458 g/mol. The Morgan fingerprint density at radius 3 is 2.47 bits per heavy atom. The summed E-state index contributed by atoms with van der Waals surface area (Å²) >= 11 is 6.10. The van der Waals surface area contributed by atoms with Crippen molar-refractivity contribution in [3.05, 3.63) is 64.2 Å². The molecule has 2 amide bonds. The number of carbonyl (C=O) groups excluding carboxylic acids is 4. The largest absolute Gasteiger partial charge is 0.496 e. The van der Waals surface area contributed by atoms with Crippen LogP contribution in [0.25, 0.3) is 0 Å². The zero-order chi connectivity index (χ0) is 23.3. The predicted molar refractivity (Wildman–Crippen MR) is 118 cm³/mol. The van der Waals surface area contributed by atoms with Crippen LogP contribution in [0.5, 0.6) is 5.75 Å². The molecule has 1 aliphatic heterocycles. The Kier molecular flexibility index (Phi) is 7.64. The number of nitrogens with zero attached hydrogens (tertiary/aromatic N) is 1. The molecule has 0 saturated carbocycles. The molecule has 3 rings (SSSR count). The molecule has 0 bridgehead atoms. The lowest BCUT2D eigenvalue weighted by atomic mass is 9.93. The van der Waals surface area contributed by atoms with Crippen molar-refractivity contribution in [1.82, 2.24) is 4.90 Å². The van der Waals surface area contributed by atoms with Gasteiger partial charge in [0.15, 0.2) is 5.78 Å². The van der Waals surface area contributed by atoms with Crippen LogP contribution >= 0.6 is 11.6 Å². The second-order valence-corrected chi connectivity index (χ2v) is 8.05. The van der Waals surface area contributed by atoms with E-state index in [1.807, 2.05) is 0 Å². The minimum atomic E-state index is -0.542. The smallest absolute Gasteiger partial charge is 0.337 e. The van der Waals surface area contributed by atoms with Gasteiger partial charge in [0.05, 0.1) is 32.7 Å². The van der Waals surface area contributed by atoms with Gasteiger partial charge in [0.1, 0.15) is 5.75 Å². The Hall–Kier alpha value is -3.19. The fraction of sp³-hybridized carbons (Fsp3) is 0.333. The van der Waals surface area contributed by atoms with Gasteiger partial charge >= 0.3 is 5.97 Å². The Balaban J connectivity index is 1.77. The number of hydrogen-bond acceptors (Lipinski definition) is 6. The molecule has 32 heavy (non-hydrogen) atoms. The second kappa shape index (κ2) is 10.4. The van der Waals surface area contributed by atoms with Crippen molar-refractivity contribution in [2.45, 2.75) is 25.7 Å². The Labute approximate surface area is 191 Å². The van der Waals surface area contributed by atoms with E-state index in [2.05, 4.69) is 4.74 Å². The van der Waals surface area contributed by atoms with Gasteiger partial charge in [0.2, 0.25) is 11.8 Å². The standard InChI is InChI=1S/C24H24ClNO6/c1-31-21-10-8-19(25)13-18(21)12-17-7-9-20(27)14-26(23(17)29)22(28)11-15-3-5-16(6-4-15)24(30)32-2/h3-6,8,10,13,17H,7,9,11-12,14H2,1-2H3. The van der Waals surface area contributed by atoms with Gasteiger partial charge in [-0.15, -0.1) is 0 Å². The van der Waals surface area contributed by atoms with Crippen molar-refractivity contribution < 1.29 is 28.7 Å². The number of halogens is 1. The van der Waals surface area contributed by atoms with E-state index in [1.165, 1.54) is 14.2 Å². The number of hydrogen-bond donors (Lipinski definition) is 0. The van der Waals surface area contributed by atoms with E-state index >= 15 is 0 Å². The summed E-state index contributed by atoms with van der Waals surface area (Å²) in [5, 5.41) is 0.515. The van der Waals surface area contributed by atoms with Crippen LogP contribution in [0.3, 0.4) is 0 Å². The van der Waals surface area contributed by atoms with Crippen LogP contribution in [0, 0.1) is 5.92 Å². The molecule has 0 aromatic heterocycles. The van der Waals surface area contributed by atoms with Crippen LogP contribution < -0.4 is 4.74 Å². The lowest BCUT2D eigenvalue weighted by Gasteiger charge is -2.23. The Morgan fingerprint density at radius 2 is 1.81 bits per heavy atom. The molecule has 0 radical (unpaired) electrons. The molecule has 1 heterocycles. The first-order chi connectivity index (χ1) is 15.3. The number of ether oxygens (including phenoxy) is 2. The summed E-state index contributed by atoms with van der Waals surface area (Å²) in [7, 11) is 2.82. The molecule has 7 nitrogen and oxygen atoms in total. The molecule has 1 unspecified atom stereocenters. The first kappa shape index (κ1) is 23.5. The van der Waals surface area contributed by atoms with Crippen molar-refractivity contribution in [1.29, 1.82) is 0 Å². The van der Waals surface area contributed by atoms with Gasteiger partial charge in [-0.05, 0) is 54.3 Å². The van der Waals surface area contributed by atoms with E-state index in [1.54, 1.807) is 42.5 Å². The molecule has 1 atom stereocenters. The minimum Gasteiger partial charge on any atom is -0.496 e. The first-order valence-electron chi connectivity index (χ1n) is 10.2. The lowest BCUT2D eigenvalue weighted by molar-refractivity contribution is -0.148. The molecule has 1 fully saturated rings. The predicted octanol–water partition coefficient (Wildman–Crippen LogP) is 3.25. The number of ketones is 1. The number of imide groups is 1. The molecule has 0 N–H and O–H groups in total. The van der Waals surface area contributed by atoms with Gasteiger partial charge in [0, 0.05) is 17.4 Å². The number of esters is 1. The minimum absolute atomic E-state index is 0.0618. The van der Waals surface area contributed by atoms with Crippen molar-refractivity contribution >= 4 is 35.2 Å².